The number of carbonyl (C=O) groups is 1. The fourth-order valence-corrected chi connectivity index (χ4v) is 3.73. The number of rotatable bonds is 6. The van der Waals surface area contributed by atoms with Gasteiger partial charge in [-0.3, -0.25) is 4.79 Å². The Morgan fingerprint density at radius 1 is 0.867 bits per heavy atom. The van der Waals surface area contributed by atoms with E-state index >= 15 is 0 Å². The van der Waals surface area contributed by atoms with Gasteiger partial charge in [0.15, 0.2) is 23.2 Å². The SMILES string of the molecule is C/C(=C/C(=O)c1ccccc1)Nc1ccccc1Sc1c(F)c(C)c(F)c(F)c1F. The normalized spacial score (nSPS) is 11.5. The number of ketones is 1. The summed E-state index contributed by atoms with van der Waals surface area (Å²) in [7, 11) is 0. The summed E-state index contributed by atoms with van der Waals surface area (Å²) in [5, 5.41) is 3.02. The number of hydrogen-bond donors (Lipinski definition) is 1. The summed E-state index contributed by atoms with van der Waals surface area (Å²) in [5.74, 6) is -6.20. The van der Waals surface area contributed by atoms with Crippen molar-refractivity contribution in [2.24, 2.45) is 0 Å². The highest BCUT2D eigenvalue weighted by Crippen LogP contribution is 2.39. The zero-order chi connectivity index (χ0) is 21.8. The summed E-state index contributed by atoms with van der Waals surface area (Å²) in [6, 6.07) is 15.2. The lowest BCUT2D eigenvalue weighted by molar-refractivity contribution is 0.104. The molecule has 0 saturated heterocycles. The quantitative estimate of drug-likeness (QED) is 0.151. The van der Waals surface area contributed by atoms with Gasteiger partial charge >= 0.3 is 0 Å². The Bertz CT molecular complexity index is 1100. The summed E-state index contributed by atoms with van der Waals surface area (Å²) in [6.45, 7) is 2.72. The summed E-state index contributed by atoms with van der Waals surface area (Å²) in [6.07, 6.45) is 1.40. The van der Waals surface area contributed by atoms with Crippen LogP contribution in [-0.4, -0.2) is 5.78 Å². The number of carbonyl (C=O) groups excluding carboxylic acids is 1. The molecule has 3 aromatic carbocycles. The van der Waals surface area contributed by atoms with E-state index in [2.05, 4.69) is 5.32 Å². The molecular formula is C23H17F4NOS. The van der Waals surface area contributed by atoms with Crippen LogP contribution in [0.4, 0.5) is 23.2 Å². The van der Waals surface area contributed by atoms with Gasteiger partial charge in [-0.15, -0.1) is 0 Å². The molecule has 0 aliphatic rings. The first kappa shape index (κ1) is 21.6. The Balaban J connectivity index is 1.89. The number of anilines is 1. The van der Waals surface area contributed by atoms with E-state index in [1.54, 1.807) is 61.5 Å². The van der Waals surface area contributed by atoms with Crippen LogP contribution in [0, 0.1) is 30.2 Å². The number of nitrogens with one attached hydrogen (secondary N) is 1. The smallest absolute Gasteiger partial charge is 0.196 e. The topological polar surface area (TPSA) is 29.1 Å². The van der Waals surface area contributed by atoms with E-state index in [-0.39, 0.29) is 5.78 Å². The lowest BCUT2D eigenvalue weighted by Gasteiger charge is -2.14. The minimum atomic E-state index is -1.72. The average Bonchev–Trinajstić information content (AvgIpc) is 2.75. The van der Waals surface area contributed by atoms with Gasteiger partial charge in [-0.05, 0) is 26.0 Å². The third kappa shape index (κ3) is 4.57. The summed E-state index contributed by atoms with van der Waals surface area (Å²) in [5.41, 5.74) is 0.881. The number of benzene rings is 3. The first-order valence-corrected chi connectivity index (χ1v) is 9.75. The first-order chi connectivity index (χ1) is 14.3. The predicted octanol–water partition coefficient (Wildman–Crippen LogP) is 6.90. The van der Waals surface area contributed by atoms with Crippen molar-refractivity contribution in [3.05, 3.63) is 101 Å². The lowest BCUT2D eigenvalue weighted by Crippen LogP contribution is -2.04. The second-order valence-electron chi connectivity index (χ2n) is 6.49. The van der Waals surface area contributed by atoms with Gasteiger partial charge in [0.25, 0.3) is 0 Å². The molecule has 0 bridgehead atoms. The molecule has 0 fully saturated rings. The van der Waals surface area contributed by atoms with Crippen molar-refractivity contribution in [1.29, 1.82) is 0 Å². The van der Waals surface area contributed by atoms with Crippen molar-refractivity contribution in [3.63, 3.8) is 0 Å². The molecule has 0 saturated carbocycles. The van der Waals surface area contributed by atoms with Crippen molar-refractivity contribution >= 4 is 23.2 Å². The van der Waals surface area contributed by atoms with Crippen molar-refractivity contribution in [1.82, 2.24) is 0 Å². The Morgan fingerprint density at radius 3 is 2.20 bits per heavy atom. The van der Waals surface area contributed by atoms with Crippen LogP contribution < -0.4 is 5.32 Å². The number of allylic oxidation sites excluding steroid dienone is 2. The predicted molar refractivity (Wildman–Crippen MR) is 110 cm³/mol. The molecule has 0 amide bonds. The number of halogens is 4. The highest BCUT2D eigenvalue weighted by Gasteiger charge is 2.24. The maximum Gasteiger partial charge on any atom is 0.196 e. The van der Waals surface area contributed by atoms with Gasteiger partial charge in [-0.2, -0.15) is 0 Å². The van der Waals surface area contributed by atoms with Gasteiger partial charge in [0.2, 0.25) is 0 Å². The summed E-state index contributed by atoms with van der Waals surface area (Å²) in [4.78, 5) is 12.1. The molecule has 3 rings (SSSR count). The van der Waals surface area contributed by atoms with Gasteiger partial charge < -0.3 is 5.32 Å². The van der Waals surface area contributed by atoms with E-state index in [1.807, 2.05) is 0 Å². The van der Waals surface area contributed by atoms with Crippen LogP contribution in [0.25, 0.3) is 0 Å². The van der Waals surface area contributed by atoms with Crippen molar-refractivity contribution in [3.8, 4) is 0 Å². The molecule has 1 N–H and O–H groups in total. The molecule has 0 spiro atoms. The van der Waals surface area contributed by atoms with E-state index in [0.717, 1.165) is 6.92 Å². The zero-order valence-electron chi connectivity index (χ0n) is 16.1. The molecule has 0 aliphatic heterocycles. The minimum absolute atomic E-state index is 0.209. The average molecular weight is 431 g/mol. The third-order valence-electron chi connectivity index (χ3n) is 4.28. The number of hydrogen-bond acceptors (Lipinski definition) is 3. The van der Waals surface area contributed by atoms with E-state index < -0.39 is 33.7 Å². The van der Waals surface area contributed by atoms with Gasteiger partial charge in [0.05, 0.1) is 10.6 Å². The van der Waals surface area contributed by atoms with Crippen molar-refractivity contribution in [2.45, 2.75) is 23.6 Å². The highest BCUT2D eigenvalue weighted by molar-refractivity contribution is 7.99. The molecule has 0 atom stereocenters. The van der Waals surface area contributed by atoms with Crippen LogP contribution in [0.3, 0.4) is 0 Å². The lowest BCUT2D eigenvalue weighted by atomic mass is 10.1. The fraction of sp³-hybridized carbons (Fsp3) is 0.0870. The zero-order valence-corrected chi connectivity index (χ0v) is 16.9. The van der Waals surface area contributed by atoms with E-state index in [0.29, 0.717) is 33.6 Å². The van der Waals surface area contributed by atoms with E-state index in [1.165, 1.54) is 6.08 Å². The maximum absolute atomic E-state index is 14.4. The van der Waals surface area contributed by atoms with Gasteiger partial charge in [-0.25, -0.2) is 17.6 Å². The third-order valence-corrected chi connectivity index (χ3v) is 5.42. The van der Waals surface area contributed by atoms with Crippen molar-refractivity contribution < 1.29 is 22.4 Å². The summed E-state index contributed by atoms with van der Waals surface area (Å²) < 4.78 is 55.9. The molecule has 0 aliphatic carbocycles. The Hall–Kier alpha value is -3.06. The number of para-hydroxylation sites is 1. The molecule has 3 aromatic rings. The molecular weight excluding hydrogens is 414 g/mol. The standard InChI is InChI=1S/C23H17F4NOS/c1-13(12-17(29)15-8-4-3-5-9-15)28-16-10-6-7-11-18(16)30-23-20(25)14(2)19(24)21(26)22(23)27/h3-12,28H,1-2H3/b13-12-. The summed E-state index contributed by atoms with van der Waals surface area (Å²) >= 11 is 0.630. The monoisotopic (exact) mass is 431 g/mol. The van der Waals surface area contributed by atoms with Gasteiger partial charge in [0, 0.05) is 27.8 Å². The van der Waals surface area contributed by atoms with Crippen LogP contribution in [0.15, 0.2) is 76.2 Å². The van der Waals surface area contributed by atoms with E-state index in [9.17, 15) is 22.4 Å². The molecule has 0 heterocycles. The molecule has 0 radical (unpaired) electrons. The minimum Gasteiger partial charge on any atom is -0.358 e. The van der Waals surface area contributed by atoms with Crippen LogP contribution in [0.1, 0.15) is 22.8 Å². The molecule has 30 heavy (non-hydrogen) atoms. The Labute approximate surface area is 175 Å². The second kappa shape index (κ2) is 9.17. The molecule has 154 valence electrons. The van der Waals surface area contributed by atoms with Crippen LogP contribution in [-0.2, 0) is 0 Å². The van der Waals surface area contributed by atoms with Crippen LogP contribution in [0.5, 0.6) is 0 Å². The highest BCUT2D eigenvalue weighted by atomic mass is 32.2. The molecule has 2 nitrogen and oxygen atoms in total. The second-order valence-corrected chi connectivity index (χ2v) is 7.54. The molecule has 0 unspecified atom stereocenters. The van der Waals surface area contributed by atoms with Crippen LogP contribution >= 0.6 is 11.8 Å². The molecule has 7 heteroatoms. The first-order valence-electron chi connectivity index (χ1n) is 8.93. The molecule has 0 aromatic heterocycles. The van der Waals surface area contributed by atoms with Gasteiger partial charge in [0.1, 0.15) is 5.82 Å². The van der Waals surface area contributed by atoms with Crippen LogP contribution in [0.2, 0.25) is 0 Å². The Morgan fingerprint density at radius 2 is 1.50 bits per heavy atom. The fourth-order valence-electron chi connectivity index (χ4n) is 2.71. The van der Waals surface area contributed by atoms with E-state index in [4.69, 9.17) is 0 Å². The maximum atomic E-state index is 14.4. The largest absolute Gasteiger partial charge is 0.358 e. The van der Waals surface area contributed by atoms with Crippen molar-refractivity contribution in [2.75, 3.05) is 5.32 Å². The Kier molecular flexibility index (Phi) is 6.62. The van der Waals surface area contributed by atoms with Gasteiger partial charge in [-0.1, -0.05) is 54.2 Å².